The maximum absolute atomic E-state index is 11.1. The highest BCUT2D eigenvalue weighted by molar-refractivity contribution is 6.03. The molecule has 5 heteroatoms. The van der Waals surface area contributed by atoms with E-state index in [2.05, 4.69) is 0 Å². The van der Waals surface area contributed by atoms with Gasteiger partial charge in [0.15, 0.2) is 0 Å². The molecule has 0 amide bonds. The van der Waals surface area contributed by atoms with Crippen LogP contribution in [0.2, 0.25) is 0 Å². The van der Waals surface area contributed by atoms with Crippen LogP contribution in [0, 0.1) is 13.8 Å². The number of carboxylic acid groups (broad SMARTS) is 2. The van der Waals surface area contributed by atoms with Crippen molar-refractivity contribution in [2.24, 2.45) is 0 Å². The molecule has 0 aliphatic carbocycles. The summed E-state index contributed by atoms with van der Waals surface area (Å²) in [5.74, 6) is -2.36. The van der Waals surface area contributed by atoms with Crippen molar-refractivity contribution in [1.82, 2.24) is 4.57 Å². The lowest BCUT2D eigenvalue weighted by molar-refractivity contribution is 0.0651. The molecule has 0 saturated carbocycles. The van der Waals surface area contributed by atoms with E-state index in [1.54, 1.807) is 18.4 Å². The molecule has 0 fully saturated rings. The highest BCUT2D eigenvalue weighted by Gasteiger charge is 2.26. The number of aromatic carboxylic acids is 2. The van der Waals surface area contributed by atoms with E-state index in [1.165, 1.54) is 0 Å². The van der Waals surface area contributed by atoms with Gasteiger partial charge in [-0.3, -0.25) is 0 Å². The molecule has 94 valence electrons. The summed E-state index contributed by atoms with van der Waals surface area (Å²) in [5, 5.41) is 18.2. The van der Waals surface area contributed by atoms with Crippen molar-refractivity contribution in [2.45, 2.75) is 40.2 Å². The van der Waals surface area contributed by atoms with E-state index in [4.69, 9.17) is 10.2 Å². The fourth-order valence-corrected chi connectivity index (χ4v) is 2.06. The summed E-state index contributed by atoms with van der Waals surface area (Å²) >= 11 is 0. The number of aromatic nitrogens is 1. The van der Waals surface area contributed by atoms with Gasteiger partial charge < -0.3 is 14.8 Å². The minimum atomic E-state index is -1.18. The lowest BCUT2D eigenvalue weighted by atomic mass is 10.1. The van der Waals surface area contributed by atoms with Gasteiger partial charge in [-0.15, -0.1) is 0 Å². The number of carbonyl (C=O) groups is 2. The molecule has 0 aliphatic rings. The molecule has 1 aromatic rings. The van der Waals surface area contributed by atoms with Crippen molar-refractivity contribution in [1.29, 1.82) is 0 Å². The second-order valence-corrected chi connectivity index (χ2v) is 4.04. The molecule has 1 rings (SSSR count). The molecule has 0 atom stereocenters. The Morgan fingerprint density at radius 3 is 1.76 bits per heavy atom. The lowest BCUT2D eigenvalue weighted by Gasteiger charge is -2.07. The molecule has 1 aromatic heterocycles. The van der Waals surface area contributed by atoms with Gasteiger partial charge in [-0.25, -0.2) is 9.59 Å². The van der Waals surface area contributed by atoms with Crippen LogP contribution in [0.4, 0.5) is 0 Å². The average Bonchev–Trinajstić information content (AvgIpc) is 2.48. The number of carboxylic acids is 2. The van der Waals surface area contributed by atoms with E-state index in [0.717, 1.165) is 12.8 Å². The van der Waals surface area contributed by atoms with Gasteiger partial charge >= 0.3 is 11.9 Å². The van der Waals surface area contributed by atoms with Crippen molar-refractivity contribution in [3.63, 3.8) is 0 Å². The maximum Gasteiger partial charge on any atom is 0.338 e. The van der Waals surface area contributed by atoms with Crippen LogP contribution in [-0.2, 0) is 6.54 Å². The first-order valence-corrected chi connectivity index (χ1v) is 5.58. The number of hydrogen-bond donors (Lipinski definition) is 2. The van der Waals surface area contributed by atoms with Crippen molar-refractivity contribution in [3.8, 4) is 0 Å². The molecule has 0 aromatic carbocycles. The largest absolute Gasteiger partial charge is 0.478 e. The van der Waals surface area contributed by atoms with Crippen LogP contribution in [0.15, 0.2) is 0 Å². The Balaban J connectivity index is 3.39. The molecular formula is C12H17NO4. The SMILES string of the molecule is CCCCn1c(C)c(C(=O)O)c(C(=O)O)c1C. The molecule has 0 spiro atoms. The molecule has 5 nitrogen and oxygen atoms in total. The van der Waals surface area contributed by atoms with Crippen molar-refractivity contribution in [2.75, 3.05) is 0 Å². The smallest absolute Gasteiger partial charge is 0.338 e. The molecule has 1 heterocycles. The molecule has 0 unspecified atom stereocenters. The zero-order valence-electron chi connectivity index (χ0n) is 10.3. The van der Waals surface area contributed by atoms with Crippen LogP contribution in [0.3, 0.4) is 0 Å². The molecule has 0 aliphatic heterocycles. The Bertz CT molecular complexity index is 422. The molecule has 2 N–H and O–H groups in total. The molecule has 0 saturated heterocycles. The van der Waals surface area contributed by atoms with E-state index in [-0.39, 0.29) is 11.1 Å². The summed E-state index contributed by atoms with van der Waals surface area (Å²) < 4.78 is 1.77. The summed E-state index contributed by atoms with van der Waals surface area (Å²) in [6.45, 7) is 5.99. The van der Waals surface area contributed by atoms with Gasteiger partial charge in [0.25, 0.3) is 0 Å². The van der Waals surface area contributed by atoms with Crippen LogP contribution in [0.1, 0.15) is 51.9 Å². The Morgan fingerprint density at radius 2 is 1.47 bits per heavy atom. The Hall–Kier alpha value is -1.78. The predicted octanol–water partition coefficient (Wildman–Crippen LogP) is 2.30. The first kappa shape index (κ1) is 13.3. The minimum Gasteiger partial charge on any atom is -0.478 e. The van der Waals surface area contributed by atoms with Crippen LogP contribution >= 0.6 is 0 Å². The maximum atomic E-state index is 11.1. The van der Waals surface area contributed by atoms with E-state index in [9.17, 15) is 9.59 Å². The third kappa shape index (κ3) is 2.33. The van der Waals surface area contributed by atoms with Gasteiger partial charge in [-0.1, -0.05) is 13.3 Å². The van der Waals surface area contributed by atoms with Gasteiger partial charge in [0.1, 0.15) is 0 Å². The third-order valence-corrected chi connectivity index (χ3v) is 2.95. The first-order chi connectivity index (χ1) is 7.91. The molecular weight excluding hydrogens is 222 g/mol. The van der Waals surface area contributed by atoms with Crippen LogP contribution in [-0.4, -0.2) is 26.7 Å². The average molecular weight is 239 g/mol. The van der Waals surface area contributed by atoms with Crippen molar-refractivity contribution < 1.29 is 19.8 Å². The normalized spacial score (nSPS) is 10.5. The van der Waals surface area contributed by atoms with Crippen LogP contribution in [0.5, 0.6) is 0 Å². The summed E-state index contributed by atoms with van der Waals surface area (Å²) in [5.41, 5.74) is 0.846. The highest BCUT2D eigenvalue weighted by atomic mass is 16.4. The Morgan fingerprint density at radius 1 is 1.06 bits per heavy atom. The van der Waals surface area contributed by atoms with Crippen LogP contribution in [0.25, 0.3) is 0 Å². The molecule has 17 heavy (non-hydrogen) atoms. The van der Waals surface area contributed by atoms with E-state index < -0.39 is 11.9 Å². The zero-order chi connectivity index (χ0) is 13.2. The minimum absolute atomic E-state index is 0.0916. The second kappa shape index (κ2) is 5.03. The highest BCUT2D eigenvalue weighted by Crippen LogP contribution is 2.23. The van der Waals surface area contributed by atoms with E-state index in [1.807, 2.05) is 6.92 Å². The first-order valence-electron chi connectivity index (χ1n) is 5.58. The summed E-state index contributed by atoms with van der Waals surface area (Å²) in [6.07, 6.45) is 1.87. The zero-order valence-corrected chi connectivity index (χ0v) is 10.3. The van der Waals surface area contributed by atoms with Gasteiger partial charge in [-0.05, 0) is 20.3 Å². The van der Waals surface area contributed by atoms with Crippen LogP contribution < -0.4 is 0 Å². The monoisotopic (exact) mass is 239 g/mol. The summed E-state index contributed by atoms with van der Waals surface area (Å²) in [6, 6.07) is 0. The number of hydrogen-bond acceptors (Lipinski definition) is 2. The van der Waals surface area contributed by atoms with E-state index >= 15 is 0 Å². The Kier molecular flexibility index (Phi) is 3.93. The number of nitrogens with zero attached hydrogens (tertiary/aromatic N) is 1. The van der Waals surface area contributed by atoms with Gasteiger partial charge in [0, 0.05) is 17.9 Å². The molecule has 0 radical (unpaired) electrons. The topological polar surface area (TPSA) is 79.5 Å². The predicted molar refractivity (Wildman–Crippen MR) is 62.7 cm³/mol. The molecule has 0 bridgehead atoms. The summed E-state index contributed by atoms with van der Waals surface area (Å²) in [7, 11) is 0. The number of rotatable bonds is 5. The number of unbranched alkanes of at least 4 members (excludes halogenated alkanes) is 1. The Labute approximate surface area is 99.7 Å². The fraction of sp³-hybridized carbons (Fsp3) is 0.500. The lowest BCUT2D eigenvalue weighted by Crippen LogP contribution is -2.07. The fourth-order valence-electron chi connectivity index (χ4n) is 2.06. The van der Waals surface area contributed by atoms with Gasteiger partial charge in [-0.2, -0.15) is 0 Å². The standard InChI is InChI=1S/C12H17NO4/c1-4-5-6-13-7(2)9(11(14)15)10(8(13)3)12(16)17/h4-6H2,1-3H3,(H,14,15)(H,16,17). The second-order valence-electron chi connectivity index (χ2n) is 4.04. The summed E-state index contributed by atoms with van der Waals surface area (Å²) in [4.78, 5) is 22.2. The van der Waals surface area contributed by atoms with Gasteiger partial charge in [0.2, 0.25) is 0 Å². The van der Waals surface area contributed by atoms with Crippen molar-refractivity contribution in [3.05, 3.63) is 22.5 Å². The van der Waals surface area contributed by atoms with Gasteiger partial charge in [0.05, 0.1) is 11.1 Å². The van der Waals surface area contributed by atoms with E-state index in [0.29, 0.717) is 17.9 Å². The quantitative estimate of drug-likeness (QED) is 0.826. The third-order valence-electron chi connectivity index (χ3n) is 2.95. The van der Waals surface area contributed by atoms with Crippen molar-refractivity contribution >= 4 is 11.9 Å².